The van der Waals surface area contributed by atoms with Gasteiger partial charge in [0, 0.05) is 18.1 Å². The molecule has 0 aliphatic heterocycles. The molecule has 1 aromatic carbocycles. The lowest BCUT2D eigenvalue weighted by atomic mass is 9.89. The third-order valence-corrected chi connectivity index (χ3v) is 4.09. The summed E-state index contributed by atoms with van der Waals surface area (Å²) in [6.07, 6.45) is -6.47. The van der Waals surface area contributed by atoms with Crippen LogP contribution in [0.4, 0.5) is 18.9 Å². The highest BCUT2D eigenvalue weighted by Gasteiger charge is 2.55. The van der Waals surface area contributed by atoms with E-state index in [4.69, 9.17) is 15.0 Å². The van der Waals surface area contributed by atoms with Gasteiger partial charge >= 0.3 is 12.1 Å². The molecule has 0 aromatic heterocycles. The van der Waals surface area contributed by atoms with Gasteiger partial charge in [-0.3, -0.25) is 14.9 Å². The average Bonchev–Trinajstić information content (AvgIpc) is 2.52. The van der Waals surface area contributed by atoms with Crippen molar-refractivity contribution in [2.75, 3.05) is 6.61 Å². The van der Waals surface area contributed by atoms with Gasteiger partial charge in [0.05, 0.1) is 11.5 Å². The molecule has 0 unspecified atom stereocenters. The second-order valence-corrected chi connectivity index (χ2v) is 6.18. The Kier molecular flexibility index (Phi) is 7.12. The average molecular weight is 396 g/mol. The molecular formula is C14H15F3N2O6S. The van der Waals surface area contributed by atoms with Crippen LogP contribution < -0.4 is 5.73 Å². The number of ketones is 1. The monoisotopic (exact) mass is 396 g/mol. The molecule has 0 amide bonds. The van der Waals surface area contributed by atoms with Crippen molar-refractivity contribution < 1.29 is 37.0 Å². The Labute approximate surface area is 149 Å². The minimum atomic E-state index is -5.38. The Morgan fingerprint density at radius 2 is 2.00 bits per heavy atom. The van der Waals surface area contributed by atoms with Crippen molar-refractivity contribution in [3.8, 4) is 0 Å². The molecule has 144 valence electrons. The van der Waals surface area contributed by atoms with E-state index in [1.165, 1.54) is 18.2 Å². The van der Waals surface area contributed by atoms with Gasteiger partial charge in [0.1, 0.15) is 4.90 Å². The summed E-state index contributed by atoms with van der Waals surface area (Å²) in [5.41, 5.74) is 2.53. The molecule has 0 aliphatic rings. The maximum absolute atomic E-state index is 12.5. The smallest absolute Gasteiger partial charge is 0.452 e. The fraction of sp³-hybridized carbons (Fsp3) is 0.429. The van der Waals surface area contributed by atoms with Gasteiger partial charge in [0.25, 0.3) is 11.5 Å². The molecule has 3 N–H and O–H groups in total. The van der Waals surface area contributed by atoms with E-state index in [0.717, 1.165) is 5.56 Å². The minimum absolute atomic E-state index is 0.179. The molecule has 0 saturated heterocycles. The number of nitro benzene ring substituents is 1. The van der Waals surface area contributed by atoms with Crippen molar-refractivity contribution in [2.45, 2.75) is 36.4 Å². The van der Waals surface area contributed by atoms with Crippen LogP contribution in [0, 0.1) is 17.0 Å². The third kappa shape index (κ3) is 5.41. The Morgan fingerprint density at radius 3 is 2.50 bits per heavy atom. The van der Waals surface area contributed by atoms with Crippen molar-refractivity contribution in [2.24, 2.45) is 5.73 Å². The molecule has 0 heterocycles. The normalized spacial score (nSPS) is 13.9. The first-order chi connectivity index (χ1) is 11.9. The summed E-state index contributed by atoms with van der Waals surface area (Å²) in [6.45, 7) is 1.43. The van der Waals surface area contributed by atoms with Crippen molar-refractivity contribution in [1.29, 1.82) is 0 Å². The van der Waals surface area contributed by atoms with Crippen LogP contribution in [0.5, 0.6) is 0 Å². The highest BCUT2D eigenvalue weighted by atomic mass is 32.2. The maximum Gasteiger partial charge on any atom is 0.452 e. The summed E-state index contributed by atoms with van der Waals surface area (Å²) in [6, 6.07) is 4.29. The zero-order chi connectivity index (χ0) is 20.1. The van der Waals surface area contributed by atoms with Crippen LogP contribution in [-0.4, -0.2) is 40.1 Å². The van der Waals surface area contributed by atoms with Crippen LogP contribution >= 0.6 is 12.0 Å². The fourth-order valence-corrected chi connectivity index (χ4v) is 2.71. The molecule has 12 heteroatoms. The lowest BCUT2D eigenvalue weighted by molar-refractivity contribution is -0.387. The number of carbonyl (C=O) groups excluding carboxylic acids is 1. The number of halogens is 3. The van der Waals surface area contributed by atoms with Crippen molar-refractivity contribution in [1.82, 2.24) is 0 Å². The van der Waals surface area contributed by atoms with Crippen LogP contribution in [0.1, 0.15) is 18.4 Å². The van der Waals surface area contributed by atoms with Gasteiger partial charge in [-0.25, -0.2) is 4.79 Å². The van der Waals surface area contributed by atoms with Crippen LogP contribution in [0.3, 0.4) is 0 Å². The van der Waals surface area contributed by atoms with Crippen LogP contribution in [0.15, 0.2) is 23.1 Å². The summed E-state index contributed by atoms with van der Waals surface area (Å²) >= 11 is 0.625. The summed E-state index contributed by atoms with van der Waals surface area (Å²) < 4.78 is 42.5. The van der Waals surface area contributed by atoms with Crippen LogP contribution in [0.2, 0.25) is 0 Å². The van der Waals surface area contributed by atoms with Gasteiger partial charge in [-0.15, -0.1) is 0 Å². The van der Waals surface area contributed by atoms with Gasteiger partial charge in [-0.2, -0.15) is 13.2 Å². The summed E-state index contributed by atoms with van der Waals surface area (Å²) in [5.74, 6) is -4.65. The van der Waals surface area contributed by atoms with E-state index in [1.54, 1.807) is 6.92 Å². The molecule has 1 rings (SSSR count). The largest absolute Gasteiger partial charge is 0.480 e. The number of alkyl halides is 3. The quantitative estimate of drug-likeness (QED) is 0.214. The SMILES string of the molecule is Cc1ccc([N+](=O)[O-])c(SOCCC[C@@](N)(C(=O)O)C(=O)C(F)(F)F)c1. The predicted octanol–water partition coefficient (Wildman–Crippen LogP) is 2.62. The van der Waals surface area contributed by atoms with Gasteiger partial charge in [0.2, 0.25) is 0 Å². The number of benzene rings is 1. The second-order valence-electron chi connectivity index (χ2n) is 5.34. The number of Topliss-reactive ketones (excluding diaryl/α,β-unsaturated/α-hetero) is 1. The fourth-order valence-electron chi connectivity index (χ4n) is 1.92. The first-order valence-corrected chi connectivity index (χ1v) is 7.82. The molecule has 26 heavy (non-hydrogen) atoms. The molecule has 0 spiro atoms. The Bertz CT molecular complexity index is 712. The number of hydrogen-bond acceptors (Lipinski definition) is 7. The van der Waals surface area contributed by atoms with Gasteiger partial charge < -0.3 is 15.0 Å². The number of nitrogens with two attached hydrogens (primary N) is 1. The summed E-state index contributed by atoms with van der Waals surface area (Å²) in [7, 11) is 0. The third-order valence-electron chi connectivity index (χ3n) is 3.30. The maximum atomic E-state index is 12.5. The van der Waals surface area contributed by atoms with E-state index in [-0.39, 0.29) is 23.6 Å². The zero-order valence-corrected chi connectivity index (χ0v) is 14.2. The highest BCUT2D eigenvalue weighted by molar-refractivity contribution is 7.94. The number of rotatable bonds is 9. The van der Waals surface area contributed by atoms with E-state index in [0.29, 0.717) is 12.0 Å². The van der Waals surface area contributed by atoms with Crippen molar-refractivity contribution in [3.63, 3.8) is 0 Å². The molecule has 1 atom stereocenters. The lowest BCUT2D eigenvalue weighted by Gasteiger charge is -2.23. The first kappa shape index (κ1) is 21.9. The standard InChI is InChI=1S/C14H15F3N2O6S/c1-8-3-4-9(19(23)24)10(7-8)26-25-6-2-5-13(18,12(21)22)11(20)14(15,16)17/h3-4,7H,2,5-6,18H2,1H3,(H,21,22)/t13-/m0/s1. The molecule has 0 bridgehead atoms. The Balaban J connectivity index is 2.66. The van der Waals surface area contributed by atoms with E-state index in [2.05, 4.69) is 0 Å². The molecule has 1 aromatic rings. The molecule has 8 nitrogen and oxygen atoms in total. The predicted molar refractivity (Wildman–Crippen MR) is 84.5 cm³/mol. The number of nitrogens with zero attached hydrogens (tertiary/aromatic N) is 1. The second kappa shape index (κ2) is 8.47. The lowest BCUT2D eigenvalue weighted by Crippen LogP contribution is -2.59. The Hall–Kier alpha value is -2.18. The number of carbonyl (C=O) groups is 2. The molecular weight excluding hydrogens is 381 g/mol. The number of carboxylic acids is 1. The number of nitro groups is 1. The molecule has 0 radical (unpaired) electrons. The first-order valence-electron chi connectivity index (χ1n) is 7.08. The van der Waals surface area contributed by atoms with Crippen molar-refractivity contribution >= 4 is 29.5 Å². The van der Waals surface area contributed by atoms with E-state index >= 15 is 0 Å². The summed E-state index contributed by atoms with van der Waals surface area (Å²) in [4.78, 5) is 32.7. The number of hydrogen-bond donors (Lipinski definition) is 2. The van der Waals surface area contributed by atoms with E-state index in [1.807, 2.05) is 0 Å². The van der Waals surface area contributed by atoms with E-state index < -0.39 is 34.8 Å². The number of carboxylic acid groups (broad SMARTS) is 1. The van der Waals surface area contributed by atoms with E-state index in [9.17, 15) is 32.9 Å². The molecule has 0 fully saturated rings. The summed E-state index contributed by atoms with van der Waals surface area (Å²) in [5, 5.41) is 19.8. The topological polar surface area (TPSA) is 133 Å². The zero-order valence-electron chi connectivity index (χ0n) is 13.4. The van der Waals surface area contributed by atoms with Gasteiger partial charge in [-0.1, -0.05) is 6.07 Å². The van der Waals surface area contributed by atoms with Gasteiger partial charge in [0.15, 0.2) is 5.54 Å². The van der Waals surface area contributed by atoms with Gasteiger partial charge in [-0.05, 0) is 31.4 Å². The van der Waals surface area contributed by atoms with Crippen molar-refractivity contribution in [3.05, 3.63) is 33.9 Å². The number of aryl methyl sites for hydroxylation is 1. The Morgan fingerprint density at radius 1 is 1.38 bits per heavy atom. The molecule has 0 saturated carbocycles. The van der Waals surface area contributed by atoms with Crippen LogP contribution in [-0.2, 0) is 13.8 Å². The number of aliphatic carboxylic acids is 1. The van der Waals surface area contributed by atoms with Crippen LogP contribution in [0.25, 0.3) is 0 Å². The molecule has 0 aliphatic carbocycles. The minimum Gasteiger partial charge on any atom is -0.480 e. The highest BCUT2D eigenvalue weighted by Crippen LogP contribution is 2.31.